The zero-order chi connectivity index (χ0) is 20.6. The Balaban J connectivity index is 1.59. The van der Waals surface area contributed by atoms with Gasteiger partial charge in [0.25, 0.3) is 0 Å². The van der Waals surface area contributed by atoms with Crippen molar-refractivity contribution in [2.24, 2.45) is 11.7 Å². The van der Waals surface area contributed by atoms with Gasteiger partial charge in [0.2, 0.25) is 5.91 Å². The van der Waals surface area contributed by atoms with Crippen molar-refractivity contribution < 1.29 is 22.8 Å². The van der Waals surface area contributed by atoms with Gasteiger partial charge in [-0.15, -0.1) is 0 Å². The molecule has 154 valence electrons. The number of hydrogen-bond acceptors (Lipinski definition) is 3. The molecule has 0 radical (unpaired) electrons. The second-order valence-corrected chi connectivity index (χ2v) is 7.81. The Hall–Kier alpha value is -2.29. The molecule has 2 aliphatic heterocycles. The summed E-state index contributed by atoms with van der Waals surface area (Å²) in [4.78, 5) is 29.9. The number of likely N-dealkylation sites (tertiary alicyclic amines) is 2. The van der Waals surface area contributed by atoms with Crippen LogP contribution in [0.3, 0.4) is 0 Å². The van der Waals surface area contributed by atoms with E-state index in [-0.39, 0.29) is 42.3 Å². The number of rotatable bonds is 4. The summed E-state index contributed by atoms with van der Waals surface area (Å²) in [6, 6.07) is 0.435. The van der Waals surface area contributed by atoms with Crippen LogP contribution in [-0.4, -0.2) is 72.5 Å². The maximum absolute atomic E-state index is 13.8. The molecule has 0 aliphatic carbocycles. The largest absolute Gasteiger partial charge is 0.338 e. The van der Waals surface area contributed by atoms with E-state index in [4.69, 9.17) is 5.73 Å². The number of hydrogen-bond donors (Lipinski definition) is 1. The van der Waals surface area contributed by atoms with Crippen LogP contribution < -0.4 is 5.73 Å². The molecule has 1 aromatic carbocycles. The van der Waals surface area contributed by atoms with Gasteiger partial charge in [-0.25, -0.2) is 18.0 Å². The molecule has 1 aromatic rings. The molecule has 0 aromatic heterocycles. The number of benzene rings is 1. The Bertz CT molecular complexity index is 774. The zero-order valence-electron chi connectivity index (χ0n) is 16.0. The molecule has 3 amide bonds. The van der Waals surface area contributed by atoms with Crippen molar-refractivity contribution in [2.75, 3.05) is 33.7 Å². The van der Waals surface area contributed by atoms with E-state index in [0.717, 1.165) is 12.5 Å². The molecule has 3 rings (SSSR count). The molecular weight excluding hydrogens is 373 g/mol. The number of fused-ring (bicyclic) bond motifs is 1. The minimum absolute atomic E-state index is 0.0245. The third kappa shape index (κ3) is 4.09. The molecule has 0 spiro atoms. The highest BCUT2D eigenvalue weighted by Gasteiger charge is 2.44. The summed E-state index contributed by atoms with van der Waals surface area (Å²) in [5.41, 5.74) is 5.93. The Kier molecular flexibility index (Phi) is 5.83. The van der Waals surface area contributed by atoms with Crippen LogP contribution in [0.4, 0.5) is 18.0 Å². The molecule has 2 saturated heterocycles. The summed E-state index contributed by atoms with van der Waals surface area (Å²) in [7, 11) is 3.38. The van der Waals surface area contributed by atoms with Gasteiger partial charge in [-0.1, -0.05) is 0 Å². The second-order valence-electron chi connectivity index (χ2n) is 7.81. The van der Waals surface area contributed by atoms with E-state index in [1.807, 2.05) is 0 Å². The first-order valence-corrected chi connectivity index (χ1v) is 9.32. The standard InChI is InChI=1S/C19H25F3N4O2/c1-24(2)19(28)25-9-11-3-4-26(17(11)10-25)18(27)7-13(23)5-12-6-15(21)16(22)8-14(12)20/h6,8,11,13,17H,3-5,7,9-10,23H2,1-2H3. The van der Waals surface area contributed by atoms with E-state index in [1.165, 1.54) is 4.90 Å². The van der Waals surface area contributed by atoms with Gasteiger partial charge in [0.15, 0.2) is 11.6 Å². The van der Waals surface area contributed by atoms with Crippen LogP contribution >= 0.6 is 0 Å². The highest BCUT2D eigenvalue weighted by atomic mass is 19.2. The third-order valence-electron chi connectivity index (χ3n) is 5.53. The molecule has 2 fully saturated rings. The van der Waals surface area contributed by atoms with Crippen LogP contribution in [-0.2, 0) is 11.2 Å². The Morgan fingerprint density at radius 2 is 1.86 bits per heavy atom. The number of amides is 3. The van der Waals surface area contributed by atoms with Gasteiger partial charge in [-0.05, 0) is 24.5 Å². The topological polar surface area (TPSA) is 69.9 Å². The predicted molar refractivity (Wildman–Crippen MR) is 96.9 cm³/mol. The number of carbonyl (C=O) groups excluding carboxylic acids is 2. The van der Waals surface area contributed by atoms with Crippen molar-refractivity contribution in [3.8, 4) is 0 Å². The summed E-state index contributed by atoms with van der Waals surface area (Å²) >= 11 is 0. The molecule has 28 heavy (non-hydrogen) atoms. The van der Waals surface area contributed by atoms with E-state index >= 15 is 0 Å². The molecule has 9 heteroatoms. The number of carbonyl (C=O) groups is 2. The number of urea groups is 1. The summed E-state index contributed by atoms with van der Waals surface area (Å²) < 4.78 is 40.2. The van der Waals surface area contributed by atoms with Gasteiger partial charge in [0.1, 0.15) is 5.82 Å². The SMILES string of the molecule is CN(C)C(=O)N1CC2CCN(C(=O)CC(N)Cc3cc(F)c(F)cc3F)C2C1. The fourth-order valence-corrected chi connectivity index (χ4v) is 4.13. The van der Waals surface area contributed by atoms with Crippen molar-refractivity contribution in [2.45, 2.75) is 31.3 Å². The summed E-state index contributed by atoms with van der Waals surface area (Å²) in [5.74, 6) is -3.20. The lowest BCUT2D eigenvalue weighted by molar-refractivity contribution is -0.132. The lowest BCUT2D eigenvalue weighted by Gasteiger charge is -2.27. The highest BCUT2D eigenvalue weighted by molar-refractivity contribution is 5.78. The smallest absolute Gasteiger partial charge is 0.319 e. The Morgan fingerprint density at radius 3 is 2.54 bits per heavy atom. The molecule has 0 bridgehead atoms. The van der Waals surface area contributed by atoms with Crippen LogP contribution in [0.5, 0.6) is 0 Å². The van der Waals surface area contributed by atoms with Crippen molar-refractivity contribution in [1.29, 1.82) is 0 Å². The van der Waals surface area contributed by atoms with Crippen molar-refractivity contribution in [3.63, 3.8) is 0 Å². The Labute approximate surface area is 162 Å². The van der Waals surface area contributed by atoms with Crippen LogP contribution in [0.15, 0.2) is 12.1 Å². The zero-order valence-corrected chi connectivity index (χ0v) is 16.0. The lowest BCUT2D eigenvalue weighted by atomic mass is 10.0. The summed E-state index contributed by atoms with van der Waals surface area (Å²) in [6.45, 7) is 1.71. The van der Waals surface area contributed by atoms with Gasteiger partial charge in [0, 0.05) is 58.2 Å². The first kappa shape index (κ1) is 20.4. The fraction of sp³-hybridized carbons (Fsp3) is 0.579. The summed E-state index contributed by atoms with van der Waals surface area (Å²) in [5, 5.41) is 0. The van der Waals surface area contributed by atoms with Gasteiger partial charge >= 0.3 is 6.03 Å². The first-order valence-electron chi connectivity index (χ1n) is 9.32. The molecule has 2 heterocycles. The van der Waals surface area contributed by atoms with Crippen molar-refractivity contribution in [3.05, 3.63) is 35.1 Å². The maximum atomic E-state index is 13.8. The number of halogens is 3. The monoisotopic (exact) mass is 398 g/mol. The first-order chi connectivity index (χ1) is 13.2. The third-order valence-corrected chi connectivity index (χ3v) is 5.53. The van der Waals surface area contributed by atoms with Crippen LogP contribution in [0.1, 0.15) is 18.4 Å². The van der Waals surface area contributed by atoms with Gasteiger partial charge in [-0.2, -0.15) is 0 Å². The maximum Gasteiger partial charge on any atom is 0.319 e. The van der Waals surface area contributed by atoms with Crippen LogP contribution in [0.2, 0.25) is 0 Å². The van der Waals surface area contributed by atoms with E-state index in [0.29, 0.717) is 25.7 Å². The van der Waals surface area contributed by atoms with Crippen LogP contribution in [0.25, 0.3) is 0 Å². The van der Waals surface area contributed by atoms with Crippen LogP contribution in [0, 0.1) is 23.4 Å². The quantitative estimate of drug-likeness (QED) is 0.783. The second kappa shape index (κ2) is 7.98. The van der Waals surface area contributed by atoms with Crippen molar-refractivity contribution in [1.82, 2.24) is 14.7 Å². The fourth-order valence-electron chi connectivity index (χ4n) is 4.13. The Morgan fingerprint density at radius 1 is 1.18 bits per heavy atom. The average Bonchev–Trinajstić information content (AvgIpc) is 3.19. The minimum Gasteiger partial charge on any atom is -0.338 e. The molecule has 3 atom stereocenters. The van der Waals surface area contributed by atoms with Gasteiger partial charge < -0.3 is 20.4 Å². The average molecular weight is 398 g/mol. The predicted octanol–water partition coefficient (Wildman–Crippen LogP) is 1.58. The normalized spacial score (nSPS) is 22.4. The van der Waals surface area contributed by atoms with Gasteiger partial charge in [0.05, 0.1) is 6.04 Å². The van der Waals surface area contributed by atoms with E-state index < -0.39 is 23.5 Å². The lowest BCUT2D eigenvalue weighted by Crippen LogP contribution is -2.44. The van der Waals surface area contributed by atoms with E-state index in [2.05, 4.69) is 0 Å². The highest BCUT2D eigenvalue weighted by Crippen LogP contribution is 2.32. The molecule has 2 N–H and O–H groups in total. The molecule has 0 saturated carbocycles. The van der Waals surface area contributed by atoms with Gasteiger partial charge in [-0.3, -0.25) is 4.79 Å². The molecule has 6 nitrogen and oxygen atoms in total. The molecule has 2 aliphatic rings. The molecule has 3 unspecified atom stereocenters. The number of nitrogens with zero attached hydrogens (tertiary/aromatic N) is 3. The van der Waals surface area contributed by atoms with E-state index in [1.54, 1.807) is 23.9 Å². The van der Waals surface area contributed by atoms with E-state index in [9.17, 15) is 22.8 Å². The minimum atomic E-state index is -1.26. The molecular formula is C19H25F3N4O2. The summed E-state index contributed by atoms with van der Waals surface area (Å²) in [6.07, 6.45) is 0.728. The number of nitrogens with two attached hydrogens (primary N) is 1. The van der Waals surface area contributed by atoms with Crippen molar-refractivity contribution >= 4 is 11.9 Å².